The molecule has 0 aromatic rings. The molecule has 1 aliphatic rings. The van der Waals surface area contributed by atoms with Crippen molar-refractivity contribution < 1.29 is 9.53 Å². The Morgan fingerprint density at radius 1 is 1.54 bits per heavy atom. The molecule has 1 atom stereocenters. The first-order valence-corrected chi connectivity index (χ1v) is 3.74. The van der Waals surface area contributed by atoms with E-state index in [9.17, 15) is 4.79 Å². The van der Waals surface area contributed by atoms with Crippen molar-refractivity contribution in [3.8, 4) is 0 Å². The number of nitrogens with one attached hydrogen (secondary N) is 1. The zero-order valence-corrected chi connectivity index (χ0v) is 9.41. The van der Waals surface area contributed by atoms with Crippen LogP contribution in [0.2, 0.25) is 0 Å². The predicted molar refractivity (Wildman–Crippen MR) is 55.8 cm³/mol. The van der Waals surface area contributed by atoms with Crippen LogP contribution in [0.5, 0.6) is 0 Å². The van der Waals surface area contributed by atoms with Crippen LogP contribution in [0, 0.1) is 0 Å². The summed E-state index contributed by atoms with van der Waals surface area (Å²) in [7, 11) is 3.35. The highest BCUT2D eigenvalue weighted by Gasteiger charge is 2.25. The molecule has 0 aromatic carbocycles. The van der Waals surface area contributed by atoms with Crippen LogP contribution in [0.15, 0.2) is 0 Å². The van der Waals surface area contributed by atoms with Crippen molar-refractivity contribution in [2.45, 2.75) is 6.04 Å². The molecule has 13 heavy (non-hydrogen) atoms. The van der Waals surface area contributed by atoms with Crippen molar-refractivity contribution >= 4 is 30.8 Å². The summed E-state index contributed by atoms with van der Waals surface area (Å²) in [6.45, 7) is 2.55. The lowest BCUT2D eigenvalue weighted by atomic mass is 10.2. The molecule has 0 amide bonds. The fourth-order valence-electron chi connectivity index (χ4n) is 1.21. The third-order valence-corrected chi connectivity index (χ3v) is 1.98. The normalized spacial score (nSPS) is 22.5. The molecule has 0 saturated carbocycles. The minimum Gasteiger partial charge on any atom is -0.468 e. The third kappa shape index (κ3) is 4.13. The van der Waals surface area contributed by atoms with Crippen molar-refractivity contribution in [1.29, 1.82) is 0 Å². The highest BCUT2D eigenvalue weighted by atomic mass is 35.5. The molecule has 0 aromatic heterocycles. The maximum atomic E-state index is 11.1. The number of nitrogens with zero attached hydrogens (tertiary/aromatic N) is 1. The number of ether oxygens (including phenoxy) is 1. The fraction of sp³-hybridized carbons (Fsp3) is 0.857. The highest BCUT2D eigenvalue weighted by Crippen LogP contribution is 2.00. The molecule has 1 saturated heterocycles. The molecular weight excluding hydrogens is 215 g/mol. The fourth-order valence-corrected chi connectivity index (χ4v) is 1.21. The molecule has 4 nitrogen and oxygen atoms in total. The van der Waals surface area contributed by atoms with Gasteiger partial charge in [-0.3, -0.25) is 9.69 Å². The van der Waals surface area contributed by atoms with Crippen molar-refractivity contribution in [3.05, 3.63) is 0 Å². The van der Waals surface area contributed by atoms with Gasteiger partial charge in [-0.25, -0.2) is 0 Å². The molecule has 1 N–H and O–H groups in total. The standard InChI is InChI=1S/C7H14N2O2.2ClH/c1-9-4-3-8-5-6(9)7(10)11-2;;/h6,8H,3-5H2,1-2H3;2*1H/t6-;;/m1../s1. The third-order valence-electron chi connectivity index (χ3n) is 1.98. The van der Waals surface area contributed by atoms with E-state index >= 15 is 0 Å². The first kappa shape index (κ1) is 15.4. The van der Waals surface area contributed by atoms with Crippen LogP contribution in [-0.2, 0) is 9.53 Å². The quantitative estimate of drug-likeness (QED) is 0.640. The van der Waals surface area contributed by atoms with Gasteiger partial charge >= 0.3 is 5.97 Å². The van der Waals surface area contributed by atoms with E-state index in [1.807, 2.05) is 11.9 Å². The van der Waals surface area contributed by atoms with Gasteiger partial charge < -0.3 is 10.1 Å². The Labute approximate surface area is 90.8 Å². The number of piperazine rings is 1. The minimum atomic E-state index is -0.153. The average Bonchev–Trinajstić information content (AvgIpc) is 2.04. The Hall–Kier alpha value is -0.0300. The SMILES string of the molecule is COC(=O)[C@H]1CNCCN1C.Cl.Cl. The monoisotopic (exact) mass is 230 g/mol. The van der Waals surface area contributed by atoms with Crippen LogP contribution in [-0.4, -0.2) is 50.7 Å². The molecule has 80 valence electrons. The van der Waals surface area contributed by atoms with Crippen LogP contribution in [0.25, 0.3) is 0 Å². The van der Waals surface area contributed by atoms with Crippen molar-refractivity contribution in [1.82, 2.24) is 10.2 Å². The second-order valence-electron chi connectivity index (χ2n) is 2.72. The number of methoxy groups -OCH3 is 1. The van der Waals surface area contributed by atoms with Gasteiger partial charge in [0.1, 0.15) is 6.04 Å². The number of hydrogen-bond donors (Lipinski definition) is 1. The van der Waals surface area contributed by atoms with Gasteiger partial charge in [-0.15, -0.1) is 24.8 Å². The van der Waals surface area contributed by atoms with E-state index in [4.69, 9.17) is 0 Å². The van der Waals surface area contributed by atoms with Gasteiger partial charge in [0, 0.05) is 19.6 Å². The molecule has 1 rings (SSSR count). The lowest BCUT2D eigenvalue weighted by Crippen LogP contribution is -2.53. The zero-order chi connectivity index (χ0) is 8.27. The van der Waals surface area contributed by atoms with Crippen LogP contribution < -0.4 is 5.32 Å². The Balaban J connectivity index is 0. The van der Waals surface area contributed by atoms with Crippen LogP contribution in [0.1, 0.15) is 0 Å². The molecule has 1 fully saturated rings. The molecule has 1 aliphatic heterocycles. The first-order valence-electron chi connectivity index (χ1n) is 3.74. The van der Waals surface area contributed by atoms with Crippen LogP contribution >= 0.6 is 24.8 Å². The van der Waals surface area contributed by atoms with Crippen molar-refractivity contribution in [3.63, 3.8) is 0 Å². The summed E-state index contributed by atoms with van der Waals surface area (Å²) in [4.78, 5) is 13.1. The number of carbonyl (C=O) groups is 1. The van der Waals surface area contributed by atoms with Crippen molar-refractivity contribution in [2.24, 2.45) is 0 Å². The van der Waals surface area contributed by atoms with E-state index in [1.54, 1.807) is 0 Å². The highest BCUT2D eigenvalue weighted by molar-refractivity contribution is 5.85. The van der Waals surface area contributed by atoms with E-state index in [1.165, 1.54) is 7.11 Å². The minimum absolute atomic E-state index is 0. The molecule has 6 heteroatoms. The largest absolute Gasteiger partial charge is 0.468 e. The summed E-state index contributed by atoms with van der Waals surface area (Å²) in [5.41, 5.74) is 0. The smallest absolute Gasteiger partial charge is 0.324 e. The second kappa shape index (κ2) is 7.38. The molecule has 0 radical (unpaired) electrons. The average molecular weight is 231 g/mol. The van der Waals surface area contributed by atoms with Crippen LogP contribution in [0.4, 0.5) is 0 Å². The van der Waals surface area contributed by atoms with Gasteiger partial charge in [0.2, 0.25) is 0 Å². The lowest BCUT2D eigenvalue weighted by molar-refractivity contribution is -0.146. The zero-order valence-electron chi connectivity index (χ0n) is 7.78. The Morgan fingerprint density at radius 2 is 2.15 bits per heavy atom. The molecule has 1 heterocycles. The number of likely N-dealkylation sites (N-methyl/N-ethyl adjacent to an activating group) is 1. The van der Waals surface area contributed by atoms with Gasteiger partial charge in [0.15, 0.2) is 0 Å². The second-order valence-corrected chi connectivity index (χ2v) is 2.72. The Kier molecular flexibility index (Phi) is 8.77. The molecular formula is C7H16Cl2N2O2. The first-order chi connectivity index (χ1) is 5.25. The summed E-state index contributed by atoms with van der Waals surface area (Å²) < 4.78 is 4.64. The number of rotatable bonds is 1. The number of esters is 1. The van der Waals surface area contributed by atoms with E-state index in [0.717, 1.165) is 13.1 Å². The lowest BCUT2D eigenvalue weighted by Gasteiger charge is -2.30. The maximum absolute atomic E-state index is 11.1. The van der Waals surface area contributed by atoms with E-state index in [-0.39, 0.29) is 36.8 Å². The summed E-state index contributed by atoms with van der Waals surface area (Å²) in [5.74, 6) is -0.153. The van der Waals surface area contributed by atoms with Gasteiger partial charge in [-0.05, 0) is 7.05 Å². The Morgan fingerprint density at radius 3 is 2.62 bits per heavy atom. The summed E-state index contributed by atoms with van der Waals surface area (Å²) in [5, 5.41) is 3.14. The van der Waals surface area contributed by atoms with Crippen LogP contribution in [0.3, 0.4) is 0 Å². The molecule has 0 aliphatic carbocycles. The predicted octanol–water partition coefficient (Wildman–Crippen LogP) is -0.0934. The number of carbonyl (C=O) groups excluding carboxylic acids is 1. The van der Waals surface area contributed by atoms with Gasteiger partial charge in [0.05, 0.1) is 7.11 Å². The van der Waals surface area contributed by atoms with E-state index < -0.39 is 0 Å². The molecule has 0 spiro atoms. The number of hydrogen-bond acceptors (Lipinski definition) is 4. The van der Waals surface area contributed by atoms with E-state index in [0.29, 0.717) is 6.54 Å². The topological polar surface area (TPSA) is 41.6 Å². The summed E-state index contributed by atoms with van der Waals surface area (Å²) in [6, 6.07) is -0.103. The van der Waals surface area contributed by atoms with Gasteiger partial charge in [-0.1, -0.05) is 0 Å². The molecule has 0 unspecified atom stereocenters. The summed E-state index contributed by atoms with van der Waals surface area (Å²) >= 11 is 0. The maximum Gasteiger partial charge on any atom is 0.324 e. The summed E-state index contributed by atoms with van der Waals surface area (Å²) in [6.07, 6.45) is 0. The van der Waals surface area contributed by atoms with E-state index in [2.05, 4.69) is 10.1 Å². The van der Waals surface area contributed by atoms with Crippen molar-refractivity contribution in [2.75, 3.05) is 33.8 Å². The van der Waals surface area contributed by atoms with Gasteiger partial charge in [-0.2, -0.15) is 0 Å². The number of halogens is 2. The Bertz CT molecular complexity index is 157. The molecule has 0 bridgehead atoms. The van der Waals surface area contributed by atoms with Gasteiger partial charge in [0.25, 0.3) is 0 Å².